The highest BCUT2D eigenvalue weighted by molar-refractivity contribution is 6.30. The standard InChI is InChI=1S/C16H18ClNO/c17-12-3-1-11(2-4-12)9-16(7-8-16)18-14(19)13-10-15(13)5-6-15/h1-4,13H,5-10H2,(H,18,19). The largest absolute Gasteiger partial charge is 0.350 e. The molecule has 0 saturated heterocycles. The molecule has 3 aliphatic rings. The van der Waals surface area contributed by atoms with Gasteiger partial charge in [-0.15, -0.1) is 0 Å². The summed E-state index contributed by atoms with van der Waals surface area (Å²) in [6.45, 7) is 0. The van der Waals surface area contributed by atoms with Gasteiger partial charge < -0.3 is 5.32 Å². The zero-order chi connectivity index (χ0) is 13.1. The molecule has 1 unspecified atom stereocenters. The third-order valence-corrected chi connectivity index (χ3v) is 5.35. The van der Waals surface area contributed by atoms with E-state index in [2.05, 4.69) is 17.4 Å². The summed E-state index contributed by atoms with van der Waals surface area (Å²) >= 11 is 5.90. The van der Waals surface area contributed by atoms with E-state index in [1.54, 1.807) is 0 Å². The van der Waals surface area contributed by atoms with Crippen molar-refractivity contribution in [2.24, 2.45) is 11.3 Å². The molecule has 0 radical (unpaired) electrons. The molecule has 1 atom stereocenters. The SMILES string of the molecule is O=C(NC1(Cc2ccc(Cl)cc2)CC1)C1CC12CC2. The van der Waals surface area contributed by atoms with Gasteiger partial charge in [0, 0.05) is 16.5 Å². The van der Waals surface area contributed by atoms with E-state index in [4.69, 9.17) is 11.6 Å². The first-order chi connectivity index (χ1) is 9.11. The van der Waals surface area contributed by atoms with Crippen LogP contribution in [0.1, 0.15) is 37.7 Å². The minimum absolute atomic E-state index is 0.0452. The van der Waals surface area contributed by atoms with Gasteiger partial charge in [-0.25, -0.2) is 0 Å². The predicted molar refractivity (Wildman–Crippen MR) is 75.0 cm³/mol. The minimum Gasteiger partial charge on any atom is -0.350 e. The van der Waals surface area contributed by atoms with Gasteiger partial charge in [0.05, 0.1) is 0 Å². The molecule has 2 nitrogen and oxygen atoms in total. The van der Waals surface area contributed by atoms with E-state index in [-0.39, 0.29) is 5.54 Å². The van der Waals surface area contributed by atoms with E-state index in [9.17, 15) is 4.79 Å². The van der Waals surface area contributed by atoms with Crippen molar-refractivity contribution in [2.75, 3.05) is 0 Å². The smallest absolute Gasteiger partial charge is 0.224 e. The van der Waals surface area contributed by atoms with Crippen molar-refractivity contribution in [3.63, 3.8) is 0 Å². The first kappa shape index (κ1) is 11.8. The Bertz CT molecular complexity index is 528. The van der Waals surface area contributed by atoms with Crippen molar-refractivity contribution < 1.29 is 4.79 Å². The van der Waals surface area contributed by atoms with Crippen molar-refractivity contribution in [1.29, 1.82) is 0 Å². The van der Waals surface area contributed by atoms with Crippen molar-refractivity contribution in [3.05, 3.63) is 34.9 Å². The van der Waals surface area contributed by atoms with E-state index in [0.29, 0.717) is 17.2 Å². The summed E-state index contributed by atoms with van der Waals surface area (Å²) in [5.74, 6) is 0.638. The highest BCUT2D eigenvalue weighted by atomic mass is 35.5. The van der Waals surface area contributed by atoms with E-state index >= 15 is 0 Å². The number of benzene rings is 1. The Labute approximate surface area is 118 Å². The summed E-state index contributed by atoms with van der Waals surface area (Å²) in [4.78, 5) is 12.2. The quantitative estimate of drug-likeness (QED) is 0.897. The molecular formula is C16H18ClNO. The second-order valence-corrected chi connectivity index (χ2v) is 7.13. The van der Waals surface area contributed by atoms with Crippen LogP contribution in [0, 0.1) is 11.3 Å². The average molecular weight is 276 g/mol. The number of carbonyl (C=O) groups is 1. The molecule has 1 amide bonds. The van der Waals surface area contributed by atoms with Crippen molar-refractivity contribution in [1.82, 2.24) is 5.32 Å². The first-order valence-electron chi connectivity index (χ1n) is 7.17. The highest BCUT2D eigenvalue weighted by Gasteiger charge is 2.66. The molecule has 0 heterocycles. The third-order valence-electron chi connectivity index (χ3n) is 5.10. The van der Waals surface area contributed by atoms with E-state index < -0.39 is 0 Å². The number of carbonyl (C=O) groups excluding carboxylic acids is 1. The lowest BCUT2D eigenvalue weighted by Crippen LogP contribution is -2.39. The lowest BCUT2D eigenvalue weighted by atomic mass is 10.0. The van der Waals surface area contributed by atoms with Crippen LogP contribution in [-0.2, 0) is 11.2 Å². The normalized spacial score (nSPS) is 27.9. The monoisotopic (exact) mass is 275 g/mol. The van der Waals surface area contributed by atoms with Crippen LogP contribution in [0.3, 0.4) is 0 Å². The van der Waals surface area contributed by atoms with Crippen LogP contribution in [-0.4, -0.2) is 11.4 Å². The number of hydrogen-bond acceptors (Lipinski definition) is 1. The second-order valence-electron chi connectivity index (χ2n) is 6.69. The zero-order valence-electron chi connectivity index (χ0n) is 10.9. The van der Waals surface area contributed by atoms with Gasteiger partial charge in [-0.3, -0.25) is 4.79 Å². The second kappa shape index (κ2) is 3.76. The Hall–Kier alpha value is -1.02. The summed E-state index contributed by atoms with van der Waals surface area (Å²) in [7, 11) is 0. The van der Waals surface area contributed by atoms with E-state index in [1.165, 1.54) is 18.4 Å². The maximum Gasteiger partial charge on any atom is 0.224 e. The lowest BCUT2D eigenvalue weighted by molar-refractivity contribution is -0.123. The van der Waals surface area contributed by atoms with Gasteiger partial charge in [0.15, 0.2) is 0 Å². The molecule has 4 rings (SSSR count). The number of rotatable bonds is 4. The van der Waals surface area contributed by atoms with Gasteiger partial charge in [0.1, 0.15) is 0 Å². The maximum atomic E-state index is 12.2. The molecule has 0 aliphatic heterocycles. The molecule has 1 N–H and O–H groups in total. The highest BCUT2D eigenvalue weighted by Crippen LogP contribution is 2.70. The lowest BCUT2D eigenvalue weighted by Gasteiger charge is -2.17. The molecule has 0 aromatic heterocycles. The van der Waals surface area contributed by atoms with Crippen LogP contribution in [0.4, 0.5) is 0 Å². The topological polar surface area (TPSA) is 29.1 Å². The van der Waals surface area contributed by atoms with E-state index in [1.807, 2.05) is 12.1 Å². The van der Waals surface area contributed by atoms with Gasteiger partial charge in [-0.1, -0.05) is 23.7 Å². The van der Waals surface area contributed by atoms with Gasteiger partial charge in [-0.05, 0) is 61.6 Å². The number of nitrogens with one attached hydrogen (secondary N) is 1. The molecule has 100 valence electrons. The van der Waals surface area contributed by atoms with Gasteiger partial charge in [-0.2, -0.15) is 0 Å². The van der Waals surface area contributed by atoms with Gasteiger partial charge in [0.2, 0.25) is 5.91 Å². The van der Waals surface area contributed by atoms with Crippen LogP contribution in [0.2, 0.25) is 5.02 Å². The summed E-state index contributed by atoms with van der Waals surface area (Å²) in [6, 6.07) is 7.98. The van der Waals surface area contributed by atoms with Gasteiger partial charge in [0.25, 0.3) is 0 Å². The van der Waals surface area contributed by atoms with Crippen LogP contribution < -0.4 is 5.32 Å². The summed E-state index contributed by atoms with van der Waals surface area (Å²) in [6.07, 6.45) is 6.85. The molecule has 19 heavy (non-hydrogen) atoms. The summed E-state index contributed by atoms with van der Waals surface area (Å²) in [5.41, 5.74) is 1.77. The Morgan fingerprint density at radius 1 is 1.21 bits per heavy atom. The van der Waals surface area contributed by atoms with E-state index in [0.717, 1.165) is 30.7 Å². The summed E-state index contributed by atoms with van der Waals surface area (Å²) in [5, 5.41) is 4.09. The molecule has 0 bridgehead atoms. The maximum absolute atomic E-state index is 12.2. The first-order valence-corrected chi connectivity index (χ1v) is 7.55. The fraction of sp³-hybridized carbons (Fsp3) is 0.562. The Morgan fingerprint density at radius 2 is 1.89 bits per heavy atom. The van der Waals surface area contributed by atoms with Crippen LogP contribution in [0.5, 0.6) is 0 Å². The van der Waals surface area contributed by atoms with Crippen LogP contribution in [0.25, 0.3) is 0 Å². The summed E-state index contributed by atoms with van der Waals surface area (Å²) < 4.78 is 0. The predicted octanol–water partition coefficient (Wildman–Crippen LogP) is 3.33. The molecule has 3 saturated carbocycles. The average Bonchev–Trinajstić information content (AvgIpc) is 3.26. The number of amides is 1. The molecule has 3 aliphatic carbocycles. The van der Waals surface area contributed by atoms with Crippen molar-refractivity contribution >= 4 is 17.5 Å². The molecule has 3 fully saturated rings. The number of halogens is 1. The molecular weight excluding hydrogens is 258 g/mol. The Balaban J connectivity index is 1.40. The molecule has 1 aromatic carbocycles. The van der Waals surface area contributed by atoms with Crippen LogP contribution >= 0.6 is 11.6 Å². The number of hydrogen-bond donors (Lipinski definition) is 1. The minimum atomic E-state index is 0.0452. The fourth-order valence-corrected chi connectivity index (χ4v) is 3.40. The fourth-order valence-electron chi connectivity index (χ4n) is 3.27. The molecule has 1 aromatic rings. The molecule has 3 heteroatoms. The van der Waals surface area contributed by atoms with Gasteiger partial charge >= 0.3 is 0 Å². The Morgan fingerprint density at radius 3 is 2.42 bits per heavy atom. The Kier molecular flexibility index (Phi) is 2.33. The van der Waals surface area contributed by atoms with Crippen molar-refractivity contribution in [3.8, 4) is 0 Å². The zero-order valence-corrected chi connectivity index (χ0v) is 11.7. The molecule has 1 spiro atoms. The van der Waals surface area contributed by atoms with Crippen LogP contribution in [0.15, 0.2) is 24.3 Å². The third kappa shape index (κ3) is 2.16. The van der Waals surface area contributed by atoms with Crippen molar-refractivity contribution in [2.45, 2.75) is 44.1 Å².